The van der Waals surface area contributed by atoms with Crippen LogP contribution in [0.25, 0.3) is 4.91 Å². The molecule has 0 radical (unpaired) electrons. The van der Waals surface area contributed by atoms with Gasteiger partial charge in [0.15, 0.2) is 0 Å². The van der Waals surface area contributed by atoms with Gasteiger partial charge in [0.2, 0.25) is 0 Å². The van der Waals surface area contributed by atoms with Gasteiger partial charge in [0.1, 0.15) is 4.32 Å². The van der Waals surface area contributed by atoms with Gasteiger partial charge in [-0.2, -0.15) is 5.26 Å². The van der Waals surface area contributed by atoms with Crippen molar-refractivity contribution in [3.05, 3.63) is 46.0 Å². The van der Waals surface area contributed by atoms with E-state index in [4.69, 9.17) is 17.5 Å². The van der Waals surface area contributed by atoms with E-state index in [9.17, 15) is 10.1 Å². The van der Waals surface area contributed by atoms with Crippen LogP contribution in [0, 0.1) is 21.4 Å². The lowest BCUT2D eigenvalue weighted by molar-refractivity contribution is -0.384. The fourth-order valence-electron chi connectivity index (χ4n) is 2.06. The summed E-state index contributed by atoms with van der Waals surface area (Å²) in [6.07, 6.45) is 3.62. The fraction of sp³-hybridized carbons (Fsp3) is 0.286. The van der Waals surface area contributed by atoms with Crippen LogP contribution in [0.3, 0.4) is 0 Å². The first-order valence-electron chi connectivity index (χ1n) is 6.43. The second kappa shape index (κ2) is 7.20. The molecule has 2 rings (SSSR count). The summed E-state index contributed by atoms with van der Waals surface area (Å²) in [6.45, 7) is 1.86. The number of hydrogen-bond donors (Lipinski definition) is 0. The molecule has 0 saturated carbocycles. The number of thioether (sulfide) groups is 1. The largest absolute Gasteiger partial charge is 0.357 e. The number of nitrogens with zero attached hydrogens (tertiary/aromatic N) is 3. The highest BCUT2D eigenvalue weighted by Gasteiger charge is 2.18. The normalized spacial score (nSPS) is 14.8. The van der Waals surface area contributed by atoms with E-state index >= 15 is 0 Å². The van der Waals surface area contributed by atoms with Crippen molar-refractivity contribution in [3.63, 3.8) is 0 Å². The Kier molecular flexibility index (Phi) is 5.31. The Morgan fingerprint density at radius 1 is 1.48 bits per heavy atom. The SMILES string of the molecule is N#C/C=C(/SC(=S)N1CCCC1)c1cccc([N+](=O)[O-])c1. The van der Waals surface area contributed by atoms with Crippen LogP contribution in [0.1, 0.15) is 18.4 Å². The first kappa shape index (κ1) is 15.5. The third kappa shape index (κ3) is 4.03. The summed E-state index contributed by atoms with van der Waals surface area (Å²) < 4.78 is 0.709. The molecule has 0 spiro atoms. The molecule has 0 atom stereocenters. The highest BCUT2D eigenvalue weighted by Crippen LogP contribution is 2.32. The van der Waals surface area contributed by atoms with Crippen LogP contribution < -0.4 is 0 Å². The molecular formula is C14H13N3O2S2. The van der Waals surface area contributed by atoms with E-state index in [2.05, 4.69) is 4.90 Å². The van der Waals surface area contributed by atoms with Crippen molar-refractivity contribution in [1.82, 2.24) is 4.90 Å². The molecule has 0 N–H and O–H groups in total. The first-order valence-corrected chi connectivity index (χ1v) is 7.65. The van der Waals surface area contributed by atoms with Crippen LogP contribution in [0.5, 0.6) is 0 Å². The molecule has 1 aliphatic rings. The predicted molar refractivity (Wildman–Crippen MR) is 87.7 cm³/mol. The number of nitro benzene ring substituents is 1. The zero-order valence-electron chi connectivity index (χ0n) is 11.2. The number of nitro groups is 1. The smallest absolute Gasteiger partial charge is 0.270 e. The van der Waals surface area contributed by atoms with Gasteiger partial charge in [0.05, 0.1) is 11.0 Å². The molecule has 108 valence electrons. The fourth-order valence-corrected chi connectivity index (χ4v) is 3.37. The Balaban J connectivity index is 2.21. The highest BCUT2D eigenvalue weighted by molar-refractivity contribution is 8.29. The molecule has 0 aliphatic carbocycles. The van der Waals surface area contributed by atoms with E-state index in [0.717, 1.165) is 25.9 Å². The van der Waals surface area contributed by atoms with Crippen molar-refractivity contribution in [1.29, 1.82) is 5.26 Å². The van der Waals surface area contributed by atoms with Crippen molar-refractivity contribution in [2.45, 2.75) is 12.8 Å². The van der Waals surface area contributed by atoms with E-state index < -0.39 is 4.92 Å². The monoisotopic (exact) mass is 319 g/mol. The van der Waals surface area contributed by atoms with Gasteiger partial charge in [-0.15, -0.1) is 0 Å². The molecular weight excluding hydrogens is 306 g/mol. The van der Waals surface area contributed by atoms with Crippen molar-refractivity contribution < 1.29 is 4.92 Å². The molecule has 1 aromatic carbocycles. The summed E-state index contributed by atoms with van der Waals surface area (Å²) in [7, 11) is 0. The molecule has 1 aliphatic heterocycles. The topological polar surface area (TPSA) is 70.2 Å². The van der Waals surface area contributed by atoms with Gasteiger partial charge < -0.3 is 4.90 Å². The van der Waals surface area contributed by atoms with E-state index in [1.165, 1.54) is 30.0 Å². The van der Waals surface area contributed by atoms with E-state index in [0.29, 0.717) is 14.8 Å². The molecule has 0 bridgehead atoms. The van der Waals surface area contributed by atoms with Gasteiger partial charge in [0.25, 0.3) is 5.69 Å². The molecule has 1 saturated heterocycles. The van der Waals surface area contributed by atoms with E-state index in [1.54, 1.807) is 12.1 Å². The lowest BCUT2D eigenvalue weighted by Crippen LogP contribution is -2.23. The molecule has 0 unspecified atom stereocenters. The zero-order valence-corrected chi connectivity index (χ0v) is 12.8. The number of rotatable bonds is 3. The third-order valence-corrected chi connectivity index (χ3v) is 4.61. The van der Waals surface area contributed by atoms with Crippen LogP contribution in [0.15, 0.2) is 30.3 Å². The van der Waals surface area contributed by atoms with Crippen molar-refractivity contribution >= 4 is 38.9 Å². The van der Waals surface area contributed by atoms with Gasteiger partial charge in [-0.05, 0) is 18.4 Å². The number of non-ortho nitro benzene ring substituents is 1. The zero-order chi connectivity index (χ0) is 15.2. The maximum atomic E-state index is 10.8. The number of hydrogen-bond acceptors (Lipinski definition) is 5. The summed E-state index contributed by atoms with van der Waals surface area (Å²) in [5.41, 5.74) is 0.640. The summed E-state index contributed by atoms with van der Waals surface area (Å²) in [5, 5.41) is 19.8. The standard InChI is InChI=1S/C14H13N3O2S2/c15-7-6-13(21-14(20)16-8-1-2-9-16)11-4-3-5-12(10-11)17(18)19/h3-6,10H,1-2,8-9H2/b13-6+. The van der Waals surface area contributed by atoms with Gasteiger partial charge in [-0.25, -0.2) is 0 Å². The van der Waals surface area contributed by atoms with Gasteiger partial charge in [-0.1, -0.05) is 36.1 Å². The van der Waals surface area contributed by atoms with Crippen LogP contribution in [0.4, 0.5) is 5.69 Å². The Hall–Kier alpha value is -1.91. The summed E-state index contributed by atoms with van der Waals surface area (Å²) in [4.78, 5) is 13.1. The number of benzene rings is 1. The number of likely N-dealkylation sites (tertiary alicyclic amines) is 1. The lowest BCUT2D eigenvalue weighted by atomic mass is 10.2. The average molecular weight is 319 g/mol. The van der Waals surface area contributed by atoms with Crippen molar-refractivity contribution in [2.75, 3.05) is 13.1 Å². The number of thiocarbonyl (C=S) groups is 1. The maximum absolute atomic E-state index is 10.8. The Labute approximate surface area is 132 Å². The number of nitriles is 1. The summed E-state index contributed by atoms with van der Waals surface area (Å²) in [6, 6.07) is 8.22. The molecule has 1 fully saturated rings. The minimum Gasteiger partial charge on any atom is -0.357 e. The van der Waals surface area contributed by atoms with Gasteiger partial charge in [-0.3, -0.25) is 10.1 Å². The van der Waals surface area contributed by atoms with Crippen LogP contribution in [-0.4, -0.2) is 27.2 Å². The Morgan fingerprint density at radius 3 is 2.81 bits per heavy atom. The molecule has 0 aromatic heterocycles. The molecule has 0 amide bonds. The van der Waals surface area contributed by atoms with Gasteiger partial charge in [0, 0.05) is 36.2 Å². The van der Waals surface area contributed by atoms with Crippen molar-refractivity contribution in [2.24, 2.45) is 0 Å². The third-order valence-electron chi connectivity index (χ3n) is 3.10. The lowest BCUT2D eigenvalue weighted by Gasteiger charge is -2.18. The number of allylic oxidation sites excluding steroid dienone is 1. The van der Waals surface area contributed by atoms with Crippen LogP contribution in [0.2, 0.25) is 0 Å². The highest BCUT2D eigenvalue weighted by atomic mass is 32.2. The van der Waals surface area contributed by atoms with Crippen LogP contribution in [-0.2, 0) is 0 Å². The van der Waals surface area contributed by atoms with E-state index in [-0.39, 0.29) is 5.69 Å². The molecule has 21 heavy (non-hydrogen) atoms. The molecule has 5 nitrogen and oxygen atoms in total. The summed E-state index contributed by atoms with van der Waals surface area (Å²) >= 11 is 6.71. The van der Waals surface area contributed by atoms with E-state index in [1.807, 2.05) is 6.07 Å². The van der Waals surface area contributed by atoms with Gasteiger partial charge >= 0.3 is 0 Å². The molecule has 1 aromatic rings. The van der Waals surface area contributed by atoms with Crippen molar-refractivity contribution in [3.8, 4) is 6.07 Å². The Morgan fingerprint density at radius 2 is 2.19 bits per heavy atom. The summed E-state index contributed by atoms with van der Waals surface area (Å²) in [5.74, 6) is 0. The second-order valence-corrected chi connectivity index (χ2v) is 6.18. The minimum absolute atomic E-state index is 0.00373. The average Bonchev–Trinajstić information content (AvgIpc) is 3.01. The molecule has 1 heterocycles. The maximum Gasteiger partial charge on any atom is 0.270 e. The van der Waals surface area contributed by atoms with Crippen LogP contribution >= 0.6 is 24.0 Å². The first-order chi connectivity index (χ1) is 10.1. The second-order valence-electron chi connectivity index (χ2n) is 4.51. The minimum atomic E-state index is -0.447. The molecule has 7 heteroatoms. The Bertz CT molecular complexity index is 631. The predicted octanol–water partition coefficient (Wildman–Crippen LogP) is 3.57. The quantitative estimate of drug-likeness (QED) is 0.367.